The summed E-state index contributed by atoms with van der Waals surface area (Å²) < 4.78 is 0. The lowest BCUT2D eigenvalue weighted by Gasteiger charge is -2.12. The molecule has 0 amide bonds. The van der Waals surface area contributed by atoms with Crippen LogP contribution in [0, 0.1) is 0 Å². The number of nitrogens with two attached hydrogens (primary N) is 1. The zero-order valence-corrected chi connectivity index (χ0v) is 6.35. The molecule has 0 unspecified atom stereocenters. The van der Waals surface area contributed by atoms with Gasteiger partial charge in [-0.15, -0.1) is 0 Å². The molecule has 1 aliphatic rings. The molecule has 54 valence electrons. The second-order valence-corrected chi connectivity index (χ2v) is 3.42. The Kier molecular flexibility index (Phi) is 1.78. The summed E-state index contributed by atoms with van der Waals surface area (Å²) in [7, 11) is 4.18. The van der Waals surface area contributed by atoms with Crippen LogP contribution in [-0.2, 0) is 0 Å². The average molecular weight is 128 g/mol. The topological polar surface area (TPSA) is 29.3 Å². The lowest BCUT2D eigenvalue weighted by molar-refractivity contribution is 0.375. The largest absolute Gasteiger partial charge is 0.325 e. The van der Waals surface area contributed by atoms with Crippen molar-refractivity contribution in [1.82, 2.24) is 4.90 Å². The predicted octanol–water partition coefficient (Wildman–Crippen LogP) is 0.429. The van der Waals surface area contributed by atoms with Gasteiger partial charge in [0.1, 0.15) is 0 Å². The van der Waals surface area contributed by atoms with E-state index in [0.29, 0.717) is 0 Å². The molecule has 2 N–H and O–H groups in total. The molecule has 0 bridgehead atoms. The van der Waals surface area contributed by atoms with Gasteiger partial charge in [0, 0.05) is 5.54 Å². The molecule has 1 aliphatic carbocycles. The summed E-state index contributed by atoms with van der Waals surface area (Å²) in [6, 6.07) is 0. The van der Waals surface area contributed by atoms with E-state index in [4.69, 9.17) is 5.73 Å². The molecule has 2 nitrogen and oxygen atoms in total. The first-order valence-electron chi connectivity index (χ1n) is 3.56. The van der Waals surface area contributed by atoms with Gasteiger partial charge in [-0.1, -0.05) is 0 Å². The molecule has 0 aromatic rings. The molecule has 0 atom stereocenters. The smallest absolute Gasteiger partial charge is 0.0167 e. The third-order valence-corrected chi connectivity index (χ3v) is 1.95. The van der Waals surface area contributed by atoms with Crippen molar-refractivity contribution in [2.45, 2.75) is 24.8 Å². The quantitative estimate of drug-likeness (QED) is 0.597. The van der Waals surface area contributed by atoms with E-state index in [2.05, 4.69) is 19.0 Å². The van der Waals surface area contributed by atoms with Gasteiger partial charge >= 0.3 is 0 Å². The lowest BCUT2D eigenvalue weighted by Crippen LogP contribution is -2.27. The van der Waals surface area contributed by atoms with Crippen molar-refractivity contribution in [2.24, 2.45) is 5.73 Å². The molecule has 9 heavy (non-hydrogen) atoms. The fourth-order valence-corrected chi connectivity index (χ4v) is 0.857. The van der Waals surface area contributed by atoms with Crippen LogP contribution in [-0.4, -0.2) is 31.1 Å². The highest BCUT2D eigenvalue weighted by Crippen LogP contribution is 2.35. The highest BCUT2D eigenvalue weighted by atomic mass is 15.1. The molecule has 0 saturated heterocycles. The summed E-state index contributed by atoms with van der Waals surface area (Å²) in [5.41, 5.74) is 6.11. The van der Waals surface area contributed by atoms with Crippen molar-refractivity contribution in [1.29, 1.82) is 0 Å². The molecule has 1 rings (SSSR count). The van der Waals surface area contributed by atoms with E-state index in [1.54, 1.807) is 0 Å². The highest BCUT2D eigenvalue weighted by Gasteiger charge is 2.37. The number of rotatable bonds is 3. The van der Waals surface area contributed by atoms with Crippen molar-refractivity contribution in [2.75, 3.05) is 20.6 Å². The number of nitrogens with zero attached hydrogens (tertiary/aromatic N) is 1. The standard InChI is InChI=1S/C7H16N2/c1-9(2)6-5-7(8)3-4-7/h3-6,8H2,1-2H3. The van der Waals surface area contributed by atoms with Gasteiger partial charge in [0.15, 0.2) is 0 Å². The van der Waals surface area contributed by atoms with Crippen LogP contribution in [0.25, 0.3) is 0 Å². The first-order chi connectivity index (χ1) is 4.12. The van der Waals surface area contributed by atoms with Crippen LogP contribution >= 0.6 is 0 Å². The zero-order chi connectivity index (χ0) is 6.91. The van der Waals surface area contributed by atoms with Crippen molar-refractivity contribution < 1.29 is 0 Å². The molecular weight excluding hydrogens is 112 g/mol. The molecule has 0 aliphatic heterocycles. The van der Waals surface area contributed by atoms with E-state index in [1.807, 2.05) is 0 Å². The maximum absolute atomic E-state index is 5.87. The SMILES string of the molecule is CN(C)CCC1(N)CC1. The lowest BCUT2D eigenvalue weighted by atomic mass is 10.2. The molecule has 2 heteroatoms. The third-order valence-electron chi connectivity index (χ3n) is 1.95. The van der Waals surface area contributed by atoms with Crippen LogP contribution < -0.4 is 5.73 Å². The van der Waals surface area contributed by atoms with Gasteiger partial charge in [0.2, 0.25) is 0 Å². The maximum Gasteiger partial charge on any atom is 0.0167 e. The maximum atomic E-state index is 5.87. The van der Waals surface area contributed by atoms with Gasteiger partial charge in [0.25, 0.3) is 0 Å². The van der Waals surface area contributed by atoms with Crippen LogP contribution in [0.4, 0.5) is 0 Å². The monoisotopic (exact) mass is 128 g/mol. The minimum Gasteiger partial charge on any atom is -0.325 e. The third kappa shape index (κ3) is 2.33. The summed E-state index contributed by atoms with van der Waals surface area (Å²) in [5, 5.41) is 0. The Morgan fingerprint density at radius 3 is 2.33 bits per heavy atom. The summed E-state index contributed by atoms with van der Waals surface area (Å²) in [6.07, 6.45) is 3.64. The van der Waals surface area contributed by atoms with E-state index in [0.717, 1.165) is 6.54 Å². The molecule has 0 aromatic carbocycles. The van der Waals surface area contributed by atoms with Crippen LogP contribution in [0.1, 0.15) is 19.3 Å². The normalized spacial score (nSPS) is 22.7. The Bertz CT molecular complexity index is 95.1. The van der Waals surface area contributed by atoms with Crippen LogP contribution in [0.2, 0.25) is 0 Å². The predicted molar refractivity (Wildman–Crippen MR) is 39.3 cm³/mol. The Hall–Kier alpha value is -0.0800. The summed E-state index contributed by atoms with van der Waals surface area (Å²) in [4.78, 5) is 2.19. The Morgan fingerprint density at radius 1 is 1.44 bits per heavy atom. The zero-order valence-electron chi connectivity index (χ0n) is 6.35. The van der Waals surface area contributed by atoms with E-state index in [1.165, 1.54) is 19.3 Å². The second-order valence-electron chi connectivity index (χ2n) is 3.42. The molecule has 1 saturated carbocycles. The molecule has 0 heterocycles. The van der Waals surface area contributed by atoms with Gasteiger partial charge in [-0.25, -0.2) is 0 Å². The van der Waals surface area contributed by atoms with Gasteiger partial charge < -0.3 is 10.6 Å². The fourth-order valence-electron chi connectivity index (χ4n) is 0.857. The van der Waals surface area contributed by atoms with Crippen molar-refractivity contribution >= 4 is 0 Å². The summed E-state index contributed by atoms with van der Waals surface area (Å²) >= 11 is 0. The molecule has 0 spiro atoms. The number of hydrogen-bond acceptors (Lipinski definition) is 2. The van der Waals surface area contributed by atoms with Gasteiger partial charge in [-0.3, -0.25) is 0 Å². The summed E-state index contributed by atoms with van der Waals surface area (Å²) in [6.45, 7) is 1.14. The van der Waals surface area contributed by atoms with Gasteiger partial charge in [-0.05, 0) is 39.9 Å². The van der Waals surface area contributed by atoms with Gasteiger partial charge in [0.05, 0.1) is 0 Å². The van der Waals surface area contributed by atoms with Crippen molar-refractivity contribution in [3.8, 4) is 0 Å². The van der Waals surface area contributed by atoms with Crippen molar-refractivity contribution in [3.63, 3.8) is 0 Å². The van der Waals surface area contributed by atoms with Crippen LogP contribution in [0.5, 0.6) is 0 Å². The fraction of sp³-hybridized carbons (Fsp3) is 1.00. The van der Waals surface area contributed by atoms with Crippen LogP contribution in [0.15, 0.2) is 0 Å². The second kappa shape index (κ2) is 2.27. The van der Waals surface area contributed by atoms with Gasteiger partial charge in [-0.2, -0.15) is 0 Å². The average Bonchev–Trinajstić information content (AvgIpc) is 2.45. The molecule has 1 fully saturated rings. The van der Waals surface area contributed by atoms with E-state index < -0.39 is 0 Å². The van der Waals surface area contributed by atoms with Crippen molar-refractivity contribution in [3.05, 3.63) is 0 Å². The Balaban J connectivity index is 2.05. The Labute approximate surface area is 57.0 Å². The first-order valence-corrected chi connectivity index (χ1v) is 3.56. The van der Waals surface area contributed by atoms with E-state index in [-0.39, 0.29) is 5.54 Å². The number of hydrogen-bond donors (Lipinski definition) is 1. The summed E-state index contributed by atoms with van der Waals surface area (Å²) in [5.74, 6) is 0. The first kappa shape index (κ1) is 7.03. The minimum absolute atomic E-state index is 0.240. The van der Waals surface area contributed by atoms with E-state index in [9.17, 15) is 0 Å². The van der Waals surface area contributed by atoms with E-state index >= 15 is 0 Å². The molecular formula is C7H16N2. The Morgan fingerprint density at radius 2 is 2.00 bits per heavy atom. The molecule has 0 aromatic heterocycles. The minimum atomic E-state index is 0.240. The molecule has 0 radical (unpaired) electrons. The highest BCUT2D eigenvalue weighted by molar-refractivity contribution is 4.98. The van der Waals surface area contributed by atoms with Crippen LogP contribution in [0.3, 0.4) is 0 Å².